The van der Waals surface area contributed by atoms with Gasteiger partial charge in [-0.25, -0.2) is 0 Å². The van der Waals surface area contributed by atoms with Gasteiger partial charge in [0.25, 0.3) is 0 Å². The third kappa shape index (κ3) is 4.43. The van der Waals surface area contributed by atoms with Crippen LogP contribution in [-0.4, -0.2) is 8.32 Å². The van der Waals surface area contributed by atoms with E-state index in [0.29, 0.717) is 0 Å². The Morgan fingerprint density at radius 3 is 2.37 bits per heavy atom. The normalized spacial score (nSPS) is 14.2. The predicted octanol–water partition coefficient (Wildman–Crippen LogP) is 5.93. The van der Waals surface area contributed by atoms with Gasteiger partial charge in [0.15, 0.2) is 8.32 Å². The molecule has 0 amide bonds. The molecule has 0 N–H and O–H groups in total. The van der Waals surface area contributed by atoms with Crippen molar-refractivity contribution in [1.29, 1.82) is 0 Å². The maximum absolute atomic E-state index is 6.57. The number of hydrogen-bond acceptors (Lipinski definition) is 1. The average molecular weight is 388 g/mol. The highest BCUT2D eigenvalue weighted by Gasteiger charge is 2.39. The summed E-state index contributed by atoms with van der Waals surface area (Å²) < 4.78 is 7.84. The van der Waals surface area contributed by atoms with Crippen LogP contribution in [0.25, 0.3) is 0 Å². The predicted molar refractivity (Wildman–Crippen MR) is 95.0 cm³/mol. The van der Waals surface area contributed by atoms with E-state index >= 15 is 0 Å². The third-order valence-electron chi connectivity index (χ3n) is 3.88. The topological polar surface area (TPSA) is 9.23 Å². The standard InChI is InChI=1S/C16H25IOSi/c1-7-10-15(13-11-8-9-12-14(13)17)18-19(5,6)16(2,3)4/h7-9,11-12,15H,1,10H2,2-6H3. The van der Waals surface area contributed by atoms with Crippen molar-refractivity contribution in [2.75, 3.05) is 0 Å². The molecule has 0 radical (unpaired) electrons. The van der Waals surface area contributed by atoms with Crippen LogP contribution in [0.1, 0.15) is 38.9 Å². The molecule has 1 aromatic rings. The highest BCUT2D eigenvalue weighted by molar-refractivity contribution is 14.1. The first-order chi connectivity index (χ1) is 8.69. The van der Waals surface area contributed by atoms with Gasteiger partial charge in [0.05, 0.1) is 6.10 Å². The summed E-state index contributed by atoms with van der Waals surface area (Å²) in [6, 6.07) is 8.47. The van der Waals surface area contributed by atoms with Gasteiger partial charge in [-0.15, -0.1) is 6.58 Å². The maximum atomic E-state index is 6.57. The molecule has 0 heterocycles. The van der Waals surface area contributed by atoms with Crippen LogP contribution in [0.3, 0.4) is 0 Å². The van der Waals surface area contributed by atoms with Gasteiger partial charge < -0.3 is 4.43 Å². The fourth-order valence-electron chi connectivity index (χ4n) is 1.66. The molecule has 0 saturated heterocycles. The number of hydrogen-bond donors (Lipinski definition) is 0. The summed E-state index contributed by atoms with van der Waals surface area (Å²) in [6.07, 6.45) is 2.96. The Hall–Kier alpha value is -0.133. The van der Waals surface area contributed by atoms with Crippen LogP contribution < -0.4 is 0 Å². The van der Waals surface area contributed by atoms with Crippen molar-refractivity contribution in [1.82, 2.24) is 0 Å². The van der Waals surface area contributed by atoms with Gasteiger partial charge in [0.1, 0.15) is 0 Å². The lowest BCUT2D eigenvalue weighted by molar-refractivity contribution is 0.186. The van der Waals surface area contributed by atoms with E-state index in [1.165, 1.54) is 9.13 Å². The molecule has 3 heteroatoms. The van der Waals surface area contributed by atoms with Crippen molar-refractivity contribution in [2.45, 2.75) is 51.4 Å². The van der Waals surface area contributed by atoms with Gasteiger partial charge >= 0.3 is 0 Å². The lowest BCUT2D eigenvalue weighted by Gasteiger charge is -2.39. The number of halogens is 1. The molecule has 1 aromatic carbocycles. The van der Waals surface area contributed by atoms with Crippen molar-refractivity contribution in [3.05, 3.63) is 46.1 Å². The van der Waals surface area contributed by atoms with E-state index < -0.39 is 8.32 Å². The largest absolute Gasteiger partial charge is 0.410 e. The molecule has 1 nitrogen and oxygen atoms in total. The molecule has 106 valence electrons. The summed E-state index contributed by atoms with van der Waals surface area (Å²) in [5.74, 6) is 0. The smallest absolute Gasteiger partial charge is 0.192 e. The molecule has 0 aromatic heterocycles. The fourth-order valence-corrected chi connectivity index (χ4v) is 3.68. The average Bonchev–Trinajstić information content (AvgIpc) is 2.27. The zero-order chi connectivity index (χ0) is 14.7. The van der Waals surface area contributed by atoms with Crippen LogP contribution in [0.15, 0.2) is 36.9 Å². The molecule has 0 aliphatic heterocycles. The minimum absolute atomic E-state index is 0.131. The summed E-state index contributed by atoms with van der Waals surface area (Å²) in [5.41, 5.74) is 1.29. The first-order valence-corrected chi connectivity index (χ1v) is 10.7. The number of benzene rings is 1. The molecule has 1 atom stereocenters. The quantitative estimate of drug-likeness (QED) is 0.345. The van der Waals surface area contributed by atoms with Crippen LogP contribution in [-0.2, 0) is 4.43 Å². The van der Waals surface area contributed by atoms with E-state index in [0.717, 1.165) is 6.42 Å². The summed E-state index contributed by atoms with van der Waals surface area (Å²) in [6.45, 7) is 15.3. The Balaban J connectivity index is 3.04. The second kappa shape index (κ2) is 6.55. The lowest BCUT2D eigenvalue weighted by atomic mass is 10.1. The van der Waals surface area contributed by atoms with Crippen LogP contribution >= 0.6 is 22.6 Å². The van der Waals surface area contributed by atoms with Crippen molar-refractivity contribution in [3.8, 4) is 0 Å². The van der Waals surface area contributed by atoms with Crippen molar-refractivity contribution >= 4 is 30.9 Å². The van der Waals surface area contributed by atoms with Crippen LogP contribution in [0.5, 0.6) is 0 Å². The summed E-state index contributed by atoms with van der Waals surface area (Å²) in [5, 5.41) is 0.229. The van der Waals surface area contributed by atoms with Gasteiger partial charge in [0, 0.05) is 3.57 Å². The first kappa shape index (κ1) is 16.9. The van der Waals surface area contributed by atoms with Crippen LogP contribution in [0.4, 0.5) is 0 Å². The number of rotatable bonds is 5. The second-order valence-corrected chi connectivity index (χ2v) is 12.3. The van der Waals surface area contributed by atoms with E-state index in [1.807, 2.05) is 6.08 Å². The zero-order valence-corrected chi connectivity index (χ0v) is 15.8. The minimum Gasteiger partial charge on any atom is -0.410 e. The molecule has 0 saturated carbocycles. The van der Waals surface area contributed by atoms with Crippen LogP contribution in [0.2, 0.25) is 18.1 Å². The van der Waals surface area contributed by atoms with Gasteiger partial charge in [-0.1, -0.05) is 45.0 Å². The van der Waals surface area contributed by atoms with Crippen molar-refractivity contribution in [2.24, 2.45) is 0 Å². The third-order valence-corrected chi connectivity index (χ3v) is 9.34. The Morgan fingerprint density at radius 2 is 1.89 bits per heavy atom. The molecular formula is C16H25IOSi. The minimum atomic E-state index is -1.76. The molecule has 1 rings (SSSR count). The van der Waals surface area contributed by atoms with Crippen molar-refractivity contribution in [3.63, 3.8) is 0 Å². The second-order valence-electron chi connectivity index (χ2n) is 6.41. The Bertz CT molecular complexity index is 435. The first-order valence-electron chi connectivity index (χ1n) is 6.72. The summed E-state index contributed by atoms with van der Waals surface area (Å²) in [7, 11) is -1.76. The van der Waals surface area contributed by atoms with Crippen molar-refractivity contribution < 1.29 is 4.43 Å². The molecule has 19 heavy (non-hydrogen) atoms. The fraction of sp³-hybridized carbons (Fsp3) is 0.500. The lowest BCUT2D eigenvalue weighted by Crippen LogP contribution is -2.41. The maximum Gasteiger partial charge on any atom is 0.192 e. The van der Waals surface area contributed by atoms with Gasteiger partial charge in [-0.3, -0.25) is 0 Å². The SMILES string of the molecule is C=CCC(O[Si](C)(C)C(C)(C)C)c1ccccc1I. The molecule has 0 spiro atoms. The Kier molecular flexibility index (Phi) is 5.83. The highest BCUT2D eigenvalue weighted by Crippen LogP contribution is 2.41. The molecule has 1 unspecified atom stereocenters. The molecule has 0 fully saturated rings. The Morgan fingerprint density at radius 1 is 1.32 bits per heavy atom. The highest BCUT2D eigenvalue weighted by atomic mass is 127. The monoisotopic (exact) mass is 388 g/mol. The van der Waals surface area contributed by atoms with E-state index in [1.54, 1.807) is 0 Å². The molecular weight excluding hydrogens is 363 g/mol. The Labute approximate surface area is 132 Å². The van der Waals surface area contributed by atoms with E-state index in [9.17, 15) is 0 Å². The molecule has 0 aliphatic rings. The molecule has 0 bridgehead atoms. The zero-order valence-electron chi connectivity index (χ0n) is 12.7. The van der Waals surface area contributed by atoms with Gasteiger partial charge in [-0.2, -0.15) is 0 Å². The van der Waals surface area contributed by atoms with E-state index in [-0.39, 0.29) is 11.1 Å². The van der Waals surface area contributed by atoms with E-state index in [2.05, 4.69) is 87.3 Å². The van der Waals surface area contributed by atoms with Crippen LogP contribution in [0, 0.1) is 3.57 Å². The van der Waals surface area contributed by atoms with Gasteiger partial charge in [0.2, 0.25) is 0 Å². The molecule has 0 aliphatic carbocycles. The van der Waals surface area contributed by atoms with Gasteiger partial charge in [-0.05, 0) is 58.8 Å². The summed E-state index contributed by atoms with van der Waals surface area (Å²) >= 11 is 2.39. The summed E-state index contributed by atoms with van der Waals surface area (Å²) in [4.78, 5) is 0. The van der Waals surface area contributed by atoms with E-state index in [4.69, 9.17) is 4.43 Å².